The van der Waals surface area contributed by atoms with Crippen molar-refractivity contribution in [2.24, 2.45) is 0 Å². The standard InChI is InChI=1S/C13H15NO4/c15-13(16)14-7-11-12-8(3-5-18-11)1-2-10-9(12)4-6-17-10/h1-2,11,14H,3-7H2,(H,15,16). The Balaban J connectivity index is 1.93. The van der Waals surface area contributed by atoms with Crippen LogP contribution < -0.4 is 10.1 Å². The van der Waals surface area contributed by atoms with Crippen molar-refractivity contribution in [1.29, 1.82) is 0 Å². The lowest BCUT2D eigenvalue weighted by Gasteiger charge is -2.27. The highest BCUT2D eigenvalue weighted by atomic mass is 16.5. The maximum absolute atomic E-state index is 10.6. The molecule has 0 aliphatic carbocycles. The summed E-state index contributed by atoms with van der Waals surface area (Å²) < 4.78 is 11.2. The van der Waals surface area contributed by atoms with E-state index in [-0.39, 0.29) is 6.10 Å². The highest BCUT2D eigenvalue weighted by molar-refractivity contribution is 5.64. The average molecular weight is 249 g/mol. The van der Waals surface area contributed by atoms with Gasteiger partial charge in [0.05, 0.1) is 19.8 Å². The number of hydrogen-bond donors (Lipinski definition) is 2. The van der Waals surface area contributed by atoms with Crippen molar-refractivity contribution < 1.29 is 19.4 Å². The average Bonchev–Trinajstić information content (AvgIpc) is 2.84. The van der Waals surface area contributed by atoms with E-state index in [1.807, 2.05) is 6.07 Å². The Kier molecular flexibility index (Phi) is 2.83. The summed E-state index contributed by atoms with van der Waals surface area (Å²) in [6.07, 6.45) is 0.550. The fourth-order valence-electron chi connectivity index (χ4n) is 2.70. The Bertz CT molecular complexity index is 486. The molecule has 3 rings (SSSR count). The molecule has 1 aromatic carbocycles. The van der Waals surface area contributed by atoms with Crippen LogP contribution >= 0.6 is 0 Å². The van der Waals surface area contributed by atoms with Gasteiger partial charge < -0.3 is 19.9 Å². The molecule has 96 valence electrons. The van der Waals surface area contributed by atoms with Gasteiger partial charge in [-0.3, -0.25) is 0 Å². The zero-order valence-electron chi connectivity index (χ0n) is 9.94. The molecule has 0 fully saturated rings. The first-order valence-corrected chi connectivity index (χ1v) is 6.11. The Morgan fingerprint density at radius 3 is 3.11 bits per heavy atom. The van der Waals surface area contributed by atoms with Gasteiger partial charge in [-0.05, 0) is 23.6 Å². The zero-order valence-corrected chi connectivity index (χ0v) is 9.94. The number of hydrogen-bond acceptors (Lipinski definition) is 3. The van der Waals surface area contributed by atoms with Crippen LogP contribution in [0.2, 0.25) is 0 Å². The van der Waals surface area contributed by atoms with E-state index in [4.69, 9.17) is 14.6 Å². The third kappa shape index (κ3) is 1.90. The van der Waals surface area contributed by atoms with E-state index >= 15 is 0 Å². The van der Waals surface area contributed by atoms with Gasteiger partial charge in [-0.15, -0.1) is 0 Å². The van der Waals surface area contributed by atoms with E-state index in [1.54, 1.807) is 0 Å². The van der Waals surface area contributed by atoms with Crippen molar-refractivity contribution >= 4 is 6.09 Å². The van der Waals surface area contributed by atoms with Crippen LogP contribution in [-0.2, 0) is 17.6 Å². The molecule has 1 unspecified atom stereocenters. The minimum absolute atomic E-state index is 0.193. The van der Waals surface area contributed by atoms with Crippen LogP contribution in [0.25, 0.3) is 0 Å². The summed E-state index contributed by atoms with van der Waals surface area (Å²) in [6, 6.07) is 4.07. The Hall–Kier alpha value is -1.75. The molecule has 2 heterocycles. The first kappa shape index (κ1) is 11.3. The Morgan fingerprint density at radius 2 is 2.28 bits per heavy atom. The van der Waals surface area contributed by atoms with Crippen LogP contribution in [0.1, 0.15) is 22.8 Å². The summed E-state index contributed by atoms with van der Waals surface area (Å²) in [6.45, 7) is 1.63. The molecule has 0 saturated heterocycles. The largest absolute Gasteiger partial charge is 0.493 e. The van der Waals surface area contributed by atoms with Gasteiger partial charge in [0, 0.05) is 12.0 Å². The van der Waals surface area contributed by atoms with Crippen LogP contribution in [0.3, 0.4) is 0 Å². The first-order chi connectivity index (χ1) is 8.75. The lowest BCUT2D eigenvalue weighted by atomic mass is 9.91. The van der Waals surface area contributed by atoms with Gasteiger partial charge in [0.15, 0.2) is 0 Å². The summed E-state index contributed by atoms with van der Waals surface area (Å²) in [7, 11) is 0. The second-order valence-electron chi connectivity index (χ2n) is 4.51. The van der Waals surface area contributed by atoms with Crippen LogP contribution in [0.15, 0.2) is 12.1 Å². The molecule has 0 saturated carbocycles. The van der Waals surface area contributed by atoms with Gasteiger partial charge in [-0.2, -0.15) is 0 Å². The van der Waals surface area contributed by atoms with Gasteiger partial charge in [0.1, 0.15) is 11.9 Å². The van der Waals surface area contributed by atoms with Crippen molar-refractivity contribution in [3.8, 4) is 5.75 Å². The molecule has 5 nitrogen and oxygen atoms in total. The minimum Gasteiger partial charge on any atom is -0.493 e. The molecule has 1 aromatic rings. The minimum atomic E-state index is -1.02. The normalized spacial score (nSPS) is 20.8. The van der Waals surface area contributed by atoms with Gasteiger partial charge in [0.25, 0.3) is 0 Å². The predicted molar refractivity (Wildman–Crippen MR) is 64.1 cm³/mol. The van der Waals surface area contributed by atoms with E-state index in [0.717, 1.165) is 24.2 Å². The molecular formula is C13H15NO4. The third-order valence-electron chi connectivity index (χ3n) is 3.47. The molecule has 1 amide bonds. The number of nitrogens with one attached hydrogen (secondary N) is 1. The van der Waals surface area contributed by atoms with Crippen molar-refractivity contribution in [3.05, 3.63) is 28.8 Å². The molecule has 0 spiro atoms. The molecule has 2 aliphatic heterocycles. The number of fused-ring (bicyclic) bond motifs is 3. The van der Waals surface area contributed by atoms with E-state index in [9.17, 15) is 4.79 Å². The number of amides is 1. The van der Waals surface area contributed by atoms with Crippen LogP contribution in [0, 0.1) is 0 Å². The molecule has 5 heteroatoms. The lowest BCUT2D eigenvalue weighted by molar-refractivity contribution is 0.0421. The quantitative estimate of drug-likeness (QED) is 0.833. The fourth-order valence-corrected chi connectivity index (χ4v) is 2.70. The van der Waals surface area contributed by atoms with Crippen molar-refractivity contribution in [2.75, 3.05) is 19.8 Å². The lowest BCUT2D eigenvalue weighted by Crippen LogP contribution is -2.31. The summed E-state index contributed by atoms with van der Waals surface area (Å²) in [5.74, 6) is 0.916. The predicted octanol–water partition coefficient (Wildman–Crippen LogP) is 1.50. The van der Waals surface area contributed by atoms with Crippen molar-refractivity contribution in [1.82, 2.24) is 5.32 Å². The Morgan fingerprint density at radius 1 is 1.39 bits per heavy atom. The molecule has 0 aromatic heterocycles. The maximum Gasteiger partial charge on any atom is 0.404 e. The van der Waals surface area contributed by atoms with Gasteiger partial charge >= 0.3 is 6.09 Å². The van der Waals surface area contributed by atoms with Crippen LogP contribution in [-0.4, -0.2) is 31.0 Å². The highest BCUT2D eigenvalue weighted by Gasteiger charge is 2.28. The molecule has 1 atom stereocenters. The van der Waals surface area contributed by atoms with E-state index < -0.39 is 6.09 Å². The van der Waals surface area contributed by atoms with Crippen LogP contribution in [0.4, 0.5) is 4.79 Å². The molecule has 2 N–H and O–H groups in total. The molecule has 18 heavy (non-hydrogen) atoms. The van der Waals surface area contributed by atoms with Gasteiger partial charge in [0.2, 0.25) is 0 Å². The number of benzene rings is 1. The van der Waals surface area contributed by atoms with Gasteiger partial charge in [-0.1, -0.05) is 6.07 Å². The topological polar surface area (TPSA) is 67.8 Å². The van der Waals surface area contributed by atoms with Crippen molar-refractivity contribution in [2.45, 2.75) is 18.9 Å². The number of carboxylic acid groups (broad SMARTS) is 1. The highest BCUT2D eigenvalue weighted by Crippen LogP contribution is 2.37. The van der Waals surface area contributed by atoms with Crippen LogP contribution in [0.5, 0.6) is 5.75 Å². The number of rotatable bonds is 2. The summed E-state index contributed by atoms with van der Waals surface area (Å²) in [4.78, 5) is 10.6. The van der Waals surface area contributed by atoms with Crippen molar-refractivity contribution in [3.63, 3.8) is 0 Å². The Labute approximate surface area is 105 Å². The third-order valence-corrected chi connectivity index (χ3v) is 3.47. The fraction of sp³-hybridized carbons (Fsp3) is 0.462. The maximum atomic E-state index is 10.6. The van der Waals surface area contributed by atoms with E-state index in [2.05, 4.69) is 11.4 Å². The van der Waals surface area contributed by atoms with E-state index in [0.29, 0.717) is 19.8 Å². The second-order valence-corrected chi connectivity index (χ2v) is 4.51. The second kappa shape index (κ2) is 4.49. The molecule has 2 aliphatic rings. The summed E-state index contributed by atoms with van der Waals surface area (Å²) in [5.41, 5.74) is 3.57. The number of ether oxygens (including phenoxy) is 2. The molecular weight excluding hydrogens is 234 g/mol. The summed E-state index contributed by atoms with van der Waals surface area (Å²) in [5, 5.41) is 11.1. The zero-order chi connectivity index (χ0) is 12.5. The SMILES string of the molecule is O=C(O)NCC1OCCc2ccc3c(c21)CCO3. The molecule has 0 radical (unpaired) electrons. The molecule has 0 bridgehead atoms. The first-order valence-electron chi connectivity index (χ1n) is 6.11. The van der Waals surface area contributed by atoms with E-state index in [1.165, 1.54) is 11.1 Å². The smallest absolute Gasteiger partial charge is 0.404 e. The van der Waals surface area contributed by atoms with Gasteiger partial charge in [-0.25, -0.2) is 4.79 Å². The monoisotopic (exact) mass is 249 g/mol. The summed E-state index contributed by atoms with van der Waals surface area (Å²) >= 11 is 0. The number of carbonyl (C=O) groups is 1.